The monoisotopic (exact) mass is 193 g/mol. The topological polar surface area (TPSA) is 12.5 Å². The Hall–Kier alpha value is -0.340. The van der Waals surface area contributed by atoms with Crippen molar-refractivity contribution in [3.05, 3.63) is 12.2 Å². The normalized spacial score (nSPS) is 42.1. The maximum absolute atomic E-state index is 5.37. The van der Waals surface area contributed by atoms with Gasteiger partial charge in [0.15, 0.2) is 0 Å². The molecule has 0 aromatic carbocycles. The minimum absolute atomic E-state index is 0.905. The molecule has 2 fully saturated rings. The van der Waals surface area contributed by atoms with Crippen molar-refractivity contribution < 1.29 is 4.74 Å². The van der Waals surface area contributed by atoms with Gasteiger partial charge in [-0.25, -0.2) is 0 Å². The van der Waals surface area contributed by atoms with Gasteiger partial charge in [0, 0.05) is 19.6 Å². The quantitative estimate of drug-likeness (QED) is 0.617. The summed E-state index contributed by atoms with van der Waals surface area (Å²) in [6, 6.07) is 0. The first kappa shape index (κ1) is 8.93. The molecule has 2 heteroatoms. The lowest BCUT2D eigenvalue weighted by Gasteiger charge is -2.31. The van der Waals surface area contributed by atoms with E-state index in [1.807, 2.05) is 0 Å². The summed E-state index contributed by atoms with van der Waals surface area (Å²) in [5, 5.41) is 0. The second-order valence-electron chi connectivity index (χ2n) is 4.95. The van der Waals surface area contributed by atoms with E-state index >= 15 is 0 Å². The summed E-state index contributed by atoms with van der Waals surface area (Å²) in [6.45, 7) is 5.50. The van der Waals surface area contributed by atoms with E-state index in [0.29, 0.717) is 0 Å². The molecule has 0 radical (unpaired) electrons. The van der Waals surface area contributed by atoms with Gasteiger partial charge in [0.2, 0.25) is 0 Å². The van der Waals surface area contributed by atoms with Crippen molar-refractivity contribution in [3.63, 3.8) is 0 Å². The minimum atomic E-state index is 0.905. The lowest BCUT2D eigenvalue weighted by molar-refractivity contribution is 0.0288. The zero-order chi connectivity index (χ0) is 9.38. The molecular formula is C12H19NO. The highest BCUT2D eigenvalue weighted by Gasteiger charge is 2.36. The maximum atomic E-state index is 5.37. The van der Waals surface area contributed by atoms with Crippen LogP contribution in [-0.2, 0) is 4.74 Å². The Labute approximate surface area is 85.9 Å². The summed E-state index contributed by atoms with van der Waals surface area (Å²) in [5.41, 5.74) is 0. The number of allylic oxidation sites excluding steroid dienone is 2. The Bertz CT molecular complexity index is 232. The van der Waals surface area contributed by atoms with Crippen LogP contribution in [0, 0.1) is 17.8 Å². The predicted molar refractivity (Wildman–Crippen MR) is 56.1 cm³/mol. The summed E-state index contributed by atoms with van der Waals surface area (Å²) in [6.07, 6.45) is 7.77. The Kier molecular flexibility index (Phi) is 2.34. The number of hydrogen-bond acceptors (Lipinski definition) is 2. The van der Waals surface area contributed by atoms with Crippen LogP contribution in [0.4, 0.5) is 0 Å². The molecule has 0 spiro atoms. The van der Waals surface area contributed by atoms with E-state index in [-0.39, 0.29) is 0 Å². The van der Waals surface area contributed by atoms with Crippen LogP contribution in [0.2, 0.25) is 0 Å². The van der Waals surface area contributed by atoms with Crippen molar-refractivity contribution in [2.75, 3.05) is 32.8 Å². The smallest absolute Gasteiger partial charge is 0.0594 e. The van der Waals surface area contributed by atoms with Gasteiger partial charge in [0.25, 0.3) is 0 Å². The number of ether oxygens (including phenoxy) is 1. The van der Waals surface area contributed by atoms with Crippen molar-refractivity contribution in [1.82, 2.24) is 4.90 Å². The third-order valence-corrected chi connectivity index (χ3v) is 4.01. The largest absolute Gasteiger partial charge is 0.379 e. The first-order valence-corrected chi connectivity index (χ1v) is 5.90. The van der Waals surface area contributed by atoms with E-state index in [4.69, 9.17) is 4.74 Å². The van der Waals surface area contributed by atoms with Crippen LogP contribution in [0.1, 0.15) is 12.8 Å². The van der Waals surface area contributed by atoms with Crippen molar-refractivity contribution in [2.24, 2.45) is 17.8 Å². The number of hydrogen-bond donors (Lipinski definition) is 0. The zero-order valence-corrected chi connectivity index (χ0v) is 8.69. The van der Waals surface area contributed by atoms with Crippen LogP contribution >= 0.6 is 0 Å². The van der Waals surface area contributed by atoms with Gasteiger partial charge >= 0.3 is 0 Å². The van der Waals surface area contributed by atoms with Gasteiger partial charge in [-0.15, -0.1) is 0 Å². The standard InChI is InChI=1S/C12H19NO/c1-2-11-7-10(1)8-12(11)9-13-3-5-14-6-4-13/h1-2,10-12H,3-9H2/t10-,11-,12-/m1/s1. The van der Waals surface area contributed by atoms with Crippen LogP contribution in [0.3, 0.4) is 0 Å². The maximum Gasteiger partial charge on any atom is 0.0594 e. The first-order chi connectivity index (χ1) is 6.92. The third-order valence-electron chi connectivity index (χ3n) is 4.01. The molecule has 2 bridgehead atoms. The molecular weight excluding hydrogens is 174 g/mol. The zero-order valence-electron chi connectivity index (χ0n) is 8.69. The average Bonchev–Trinajstić information content (AvgIpc) is 2.81. The lowest BCUT2D eigenvalue weighted by Crippen LogP contribution is -2.40. The molecule has 0 N–H and O–H groups in total. The van der Waals surface area contributed by atoms with Crippen molar-refractivity contribution in [3.8, 4) is 0 Å². The van der Waals surface area contributed by atoms with Gasteiger partial charge in [-0.05, 0) is 30.6 Å². The molecule has 78 valence electrons. The molecule has 2 nitrogen and oxygen atoms in total. The Morgan fingerprint density at radius 2 is 2.00 bits per heavy atom. The molecule has 2 aliphatic carbocycles. The van der Waals surface area contributed by atoms with E-state index in [9.17, 15) is 0 Å². The second-order valence-corrected chi connectivity index (χ2v) is 4.95. The van der Waals surface area contributed by atoms with Gasteiger partial charge < -0.3 is 4.74 Å². The third kappa shape index (κ3) is 1.61. The van der Waals surface area contributed by atoms with Gasteiger partial charge in [0.1, 0.15) is 0 Å². The van der Waals surface area contributed by atoms with Gasteiger partial charge in [-0.1, -0.05) is 12.2 Å². The first-order valence-electron chi connectivity index (χ1n) is 5.90. The fraction of sp³-hybridized carbons (Fsp3) is 0.833. The molecule has 0 aromatic rings. The van der Waals surface area contributed by atoms with Crippen LogP contribution in [0.5, 0.6) is 0 Å². The van der Waals surface area contributed by atoms with Crippen molar-refractivity contribution >= 4 is 0 Å². The highest BCUT2D eigenvalue weighted by molar-refractivity contribution is 5.10. The molecule has 1 heterocycles. The van der Waals surface area contributed by atoms with E-state index < -0.39 is 0 Å². The number of fused-ring (bicyclic) bond motifs is 2. The fourth-order valence-electron chi connectivity index (χ4n) is 3.22. The second kappa shape index (κ2) is 3.67. The molecule has 3 rings (SSSR count). The summed E-state index contributed by atoms with van der Waals surface area (Å²) in [7, 11) is 0. The Morgan fingerprint density at radius 1 is 1.14 bits per heavy atom. The molecule has 3 aliphatic rings. The molecule has 14 heavy (non-hydrogen) atoms. The summed E-state index contributed by atoms with van der Waals surface area (Å²) < 4.78 is 5.37. The summed E-state index contributed by atoms with van der Waals surface area (Å²) >= 11 is 0. The van der Waals surface area contributed by atoms with E-state index in [2.05, 4.69) is 17.1 Å². The molecule has 1 saturated carbocycles. The molecule has 3 atom stereocenters. The predicted octanol–water partition coefficient (Wildman–Crippen LogP) is 1.53. The fourth-order valence-corrected chi connectivity index (χ4v) is 3.22. The van der Waals surface area contributed by atoms with Crippen molar-refractivity contribution in [2.45, 2.75) is 12.8 Å². The minimum Gasteiger partial charge on any atom is -0.379 e. The molecule has 0 aromatic heterocycles. The number of morpholine rings is 1. The van der Waals surface area contributed by atoms with E-state index in [0.717, 1.165) is 44.1 Å². The SMILES string of the molecule is C1=C[C@@H]2C[C@@H]1C[C@@H]2CN1CCOCC1. The molecule has 0 amide bonds. The number of rotatable bonds is 2. The number of nitrogens with zero attached hydrogens (tertiary/aromatic N) is 1. The molecule has 1 saturated heterocycles. The molecule has 0 unspecified atom stereocenters. The summed E-state index contributed by atoms with van der Waals surface area (Å²) in [5.74, 6) is 2.77. The van der Waals surface area contributed by atoms with E-state index in [1.165, 1.54) is 19.4 Å². The van der Waals surface area contributed by atoms with Crippen LogP contribution in [-0.4, -0.2) is 37.7 Å². The highest BCUT2D eigenvalue weighted by Crippen LogP contribution is 2.43. The van der Waals surface area contributed by atoms with Gasteiger partial charge in [0.05, 0.1) is 13.2 Å². The van der Waals surface area contributed by atoms with Crippen LogP contribution in [0.15, 0.2) is 12.2 Å². The average molecular weight is 193 g/mol. The van der Waals surface area contributed by atoms with Gasteiger partial charge in [-0.3, -0.25) is 4.90 Å². The highest BCUT2D eigenvalue weighted by atomic mass is 16.5. The Morgan fingerprint density at radius 3 is 2.64 bits per heavy atom. The van der Waals surface area contributed by atoms with Gasteiger partial charge in [-0.2, -0.15) is 0 Å². The summed E-state index contributed by atoms with van der Waals surface area (Å²) in [4.78, 5) is 2.59. The van der Waals surface area contributed by atoms with Crippen LogP contribution in [0.25, 0.3) is 0 Å². The molecule has 1 aliphatic heterocycles. The lowest BCUT2D eigenvalue weighted by atomic mass is 9.93. The van der Waals surface area contributed by atoms with Crippen LogP contribution < -0.4 is 0 Å². The van der Waals surface area contributed by atoms with Crippen molar-refractivity contribution in [1.29, 1.82) is 0 Å². The Balaban J connectivity index is 1.54. The van der Waals surface area contributed by atoms with E-state index in [1.54, 1.807) is 0 Å².